The van der Waals surface area contributed by atoms with E-state index < -0.39 is 0 Å². The van der Waals surface area contributed by atoms with Crippen molar-refractivity contribution in [1.29, 1.82) is 0 Å². The Hall–Kier alpha value is -0.680. The molecule has 3 aromatic rings. The number of thiophene rings is 1. The van der Waals surface area contributed by atoms with Gasteiger partial charge in [0.2, 0.25) is 0 Å². The predicted octanol–water partition coefficient (Wildman–Crippen LogP) is 6.13. The Bertz CT molecular complexity index is 766. The molecule has 2 aromatic carbocycles. The van der Waals surface area contributed by atoms with Gasteiger partial charge in [-0.1, -0.05) is 41.1 Å². The van der Waals surface area contributed by atoms with Crippen LogP contribution < -0.4 is 5.32 Å². The summed E-state index contributed by atoms with van der Waals surface area (Å²) in [5.41, 5.74) is 2.60. The molecule has 21 heavy (non-hydrogen) atoms. The Morgan fingerprint density at radius 1 is 1.05 bits per heavy atom. The lowest BCUT2D eigenvalue weighted by molar-refractivity contribution is 0.631. The van der Waals surface area contributed by atoms with E-state index in [-0.39, 0.29) is 6.04 Å². The third-order valence-electron chi connectivity index (χ3n) is 3.52. The third-order valence-corrected chi connectivity index (χ3v) is 5.77. The zero-order valence-electron chi connectivity index (χ0n) is 11.6. The minimum absolute atomic E-state index is 0.226. The van der Waals surface area contributed by atoms with Crippen LogP contribution in [0.25, 0.3) is 10.8 Å². The SMILES string of the molecule is CCNC(c1ccc2cc(Br)ccc2c1)c1cscc1Br. The normalized spacial score (nSPS) is 12.7. The summed E-state index contributed by atoms with van der Waals surface area (Å²) in [5.74, 6) is 0. The maximum atomic E-state index is 3.66. The summed E-state index contributed by atoms with van der Waals surface area (Å²) in [4.78, 5) is 0. The van der Waals surface area contributed by atoms with Gasteiger partial charge < -0.3 is 5.32 Å². The molecule has 1 atom stereocenters. The van der Waals surface area contributed by atoms with Gasteiger partial charge in [0.25, 0.3) is 0 Å². The molecule has 0 radical (unpaired) electrons. The van der Waals surface area contributed by atoms with Gasteiger partial charge in [-0.25, -0.2) is 0 Å². The van der Waals surface area contributed by atoms with E-state index in [1.807, 2.05) is 0 Å². The first-order valence-corrected chi connectivity index (χ1v) is 9.36. The van der Waals surface area contributed by atoms with Crippen molar-refractivity contribution in [3.8, 4) is 0 Å². The molecule has 1 unspecified atom stereocenters. The summed E-state index contributed by atoms with van der Waals surface area (Å²) < 4.78 is 2.29. The molecule has 0 amide bonds. The molecule has 0 saturated carbocycles. The van der Waals surface area contributed by atoms with Crippen LogP contribution in [0.2, 0.25) is 0 Å². The Labute approximate surface area is 145 Å². The Kier molecular flexibility index (Phi) is 4.79. The number of hydrogen-bond acceptors (Lipinski definition) is 2. The smallest absolute Gasteiger partial charge is 0.0596 e. The molecule has 1 heterocycles. The number of fused-ring (bicyclic) bond motifs is 1. The molecule has 0 saturated heterocycles. The summed E-state index contributed by atoms with van der Waals surface area (Å²) in [7, 11) is 0. The minimum atomic E-state index is 0.226. The van der Waals surface area contributed by atoms with Gasteiger partial charge in [-0.2, -0.15) is 11.3 Å². The van der Waals surface area contributed by atoms with Gasteiger partial charge in [0.1, 0.15) is 0 Å². The zero-order valence-corrected chi connectivity index (χ0v) is 15.6. The highest BCUT2D eigenvalue weighted by molar-refractivity contribution is 9.10. The topological polar surface area (TPSA) is 12.0 Å². The highest BCUT2D eigenvalue weighted by atomic mass is 79.9. The molecule has 0 aliphatic heterocycles. The number of benzene rings is 2. The first kappa shape index (κ1) is 15.2. The third kappa shape index (κ3) is 3.24. The van der Waals surface area contributed by atoms with Crippen LogP contribution in [0.5, 0.6) is 0 Å². The lowest BCUT2D eigenvalue weighted by Crippen LogP contribution is -2.21. The molecule has 108 valence electrons. The Balaban J connectivity index is 2.07. The standard InChI is InChI=1S/C17H15Br2NS/c1-2-20-17(15-9-21-10-16(15)19)13-4-3-12-8-14(18)6-5-11(12)7-13/h3-10,17,20H,2H2,1H3. The first-order chi connectivity index (χ1) is 10.2. The number of halogens is 2. The maximum absolute atomic E-state index is 3.66. The Morgan fingerprint density at radius 3 is 2.52 bits per heavy atom. The van der Waals surface area contributed by atoms with Gasteiger partial charge in [0.15, 0.2) is 0 Å². The van der Waals surface area contributed by atoms with Gasteiger partial charge in [0, 0.05) is 14.3 Å². The number of rotatable bonds is 4. The predicted molar refractivity (Wildman–Crippen MR) is 99.2 cm³/mol. The molecule has 0 bridgehead atoms. The molecule has 1 aromatic heterocycles. The second kappa shape index (κ2) is 6.61. The minimum Gasteiger partial charge on any atom is -0.306 e. The van der Waals surface area contributed by atoms with E-state index in [9.17, 15) is 0 Å². The van der Waals surface area contributed by atoms with Gasteiger partial charge >= 0.3 is 0 Å². The molecule has 4 heteroatoms. The molecule has 0 aliphatic rings. The van der Waals surface area contributed by atoms with E-state index in [0.717, 1.165) is 11.0 Å². The van der Waals surface area contributed by atoms with Crippen LogP contribution in [0.3, 0.4) is 0 Å². The van der Waals surface area contributed by atoms with Crippen molar-refractivity contribution in [1.82, 2.24) is 5.32 Å². The van der Waals surface area contributed by atoms with Gasteiger partial charge in [-0.15, -0.1) is 0 Å². The van der Waals surface area contributed by atoms with Crippen LogP contribution in [0, 0.1) is 0 Å². The van der Waals surface area contributed by atoms with Gasteiger partial charge in [-0.3, -0.25) is 0 Å². The monoisotopic (exact) mass is 423 g/mol. The van der Waals surface area contributed by atoms with Crippen LogP contribution in [0.15, 0.2) is 56.1 Å². The molecular weight excluding hydrogens is 410 g/mol. The summed E-state index contributed by atoms with van der Waals surface area (Å²) in [6.07, 6.45) is 0. The number of hydrogen-bond donors (Lipinski definition) is 1. The zero-order chi connectivity index (χ0) is 14.8. The van der Waals surface area contributed by atoms with Crippen LogP contribution >= 0.6 is 43.2 Å². The van der Waals surface area contributed by atoms with E-state index >= 15 is 0 Å². The fraction of sp³-hybridized carbons (Fsp3) is 0.176. The van der Waals surface area contributed by atoms with Crippen LogP contribution in [-0.2, 0) is 0 Å². The van der Waals surface area contributed by atoms with E-state index in [0.29, 0.717) is 0 Å². The molecule has 0 spiro atoms. The number of nitrogens with one attached hydrogen (secondary N) is 1. The maximum Gasteiger partial charge on any atom is 0.0596 e. The highest BCUT2D eigenvalue weighted by Gasteiger charge is 2.16. The lowest BCUT2D eigenvalue weighted by Gasteiger charge is -2.19. The first-order valence-electron chi connectivity index (χ1n) is 6.83. The fourth-order valence-corrected chi connectivity index (χ4v) is 4.45. The second-order valence-corrected chi connectivity index (χ2v) is 7.43. The fourth-order valence-electron chi connectivity index (χ4n) is 2.52. The summed E-state index contributed by atoms with van der Waals surface area (Å²) in [5, 5.41) is 10.5. The molecule has 1 N–H and O–H groups in total. The summed E-state index contributed by atoms with van der Waals surface area (Å²) >= 11 is 8.91. The molecular formula is C17H15Br2NS. The molecule has 1 nitrogen and oxygen atoms in total. The Morgan fingerprint density at radius 2 is 1.81 bits per heavy atom. The van der Waals surface area contributed by atoms with Gasteiger partial charge in [0.05, 0.1) is 6.04 Å². The summed E-state index contributed by atoms with van der Waals surface area (Å²) in [6, 6.07) is 13.3. The van der Waals surface area contributed by atoms with E-state index in [4.69, 9.17) is 0 Å². The average Bonchev–Trinajstić information content (AvgIpc) is 2.90. The van der Waals surface area contributed by atoms with Gasteiger partial charge in [-0.05, 0) is 68.0 Å². The molecule has 0 aliphatic carbocycles. The van der Waals surface area contributed by atoms with Crippen molar-refractivity contribution >= 4 is 54.0 Å². The summed E-state index contributed by atoms with van der Waals surface area (Å²) in [6.45, 7) is 3.08. The van der Waals surface area contributed by atoms with E-state index in [1.54, 1.807) is 11.3 Å². The van der Waals surface area contributed by atoms with E-state index in [1.165, 1.54) is 26.4 Å². The largest absolute Gasteiger partial charge is 0.306 e. The van der Waals surface area contributed by atoms with Crippen molar-refractivity contribution in [3.05, 3.63) is 67.2 Å². The van der Waals surface area contributed by atoms with Crippen LogP contribution in [0.4, 0.5) is 0 Å². The van der Waals surface area contributed by atoms with Crippen molar-refractivity contribution in [3.63, 3.8) is 0 Å². The average molecular weight is 425 g/mol. The van der Waals surface area contributed by atoms with Crippen LogP contribution in [0.1, 0.15) is 24.1 Å². The van der Waals surface area contributed by atoms with Crippen molar-refractivity contribution < 1.29 is 0 Å². The van der Waals surface area contributed by atoms with Crippen molar-refractivity contribution in [2.24, 2.45) is 0 Å². The quantitative estimate of drug-likeness (QED) is 0.531. The highest BCUT2D eigenvalue weighted by Crippen LogP contribution is 2.33. The van der Waals surface area contributed by atoms with E-state index in [2.05, 4.69) is 91.3 Å². The van der Waals surface area contributed by atoms with Crippen molar-refractivity contribution in [2.75, 3.05) is 6.54 Å². The molecule has 3 rings (SSSR count). The molecule has 0 fully saturated rings. The van der Waals surface area contributed by atoms with Crippen LogP contribution in [-0.4, -0.2) is 6.54 Å². The lowest BCUT2D eigenvalue weighted by atomic mass is 9.98. The van der Waals surface area contributed by atoms with Crippen molar-refractivity contribution in [2.45, 2.75) is 13.0 Å². The second-order valence-electron chi connectivity index (χ2n) is 4.92.